The molecule has 0 N–H and O–H groups in total. The van der Waals surface area contributed by atoms with Crippen molar-refractivity contribution in [1.29, 1.82) is 0 Å². The van der Waals surface area contributed by atoms with E-state index in [1.54, 1.807) is 0 Å². The van der Waals surface area contributed by atoms with Crippen molar-refractivity contribution in [3.05, 3.63) is 174 Å². The number of nitrogens with zero attached hydrogens (tertiary/aromatic N) is 3. The van der Waals surface area contributed by atoms with Gasteiger partial charge in [-0.05, 0) is 61.7 Å². The SMILES string of the molecule is Cc1ccc2oc3c(-c4nc(-c5ccccc5)nc(-c5ccccc5)n4)cccc3c2c1.Cc1ccccc1-c1c(C)ccc2c1oc1ccccc12. The van der Waals surface area contributed by atoms with E-state index < -0.39 is 0 Å². The van der Waals surface area contributed by atoms with Crippen LogP contribution in [0.1, 0.15) is 16.7 Å². The fraction of sp³-hybridized carbons (Fsp3) is 0.0625. The second kappa shape index (κ2) is 13.4. The first-order valence-electron chi connectivity index (χ1n) is 17.8. The summed E-state index contributed by atoms with van der Waals surface area (Å²) >= 11 is 0. The summed E-state index contributed by atoms with van der Waals surface area (Å²) in [4.78, 5) is 14.5. The number of benzene rings is 7. The minimum absolute atomic E-state index is 0.596. The third kappa shape index (κ3) is 5.92. The van der Waals surface area contributed by atoms with Gasteiger partial charge < -0.3 is 8.83 Å². The molecule has 53 heavy (non-hydrogen) atoms. The van der Waals surface area contributed by atoms with Crippen molar-refractivity contribution >= 4 is 43.9 Å². The van der Waals surface area contributed by atoms with Crippen molar-refractivity contribution in [3.63, 3.8) is 0 Å². The Kier molecular flexibility index (Phi) is 8.09. The van der Waals surface area contributed by atoms with Crippen LogP contribution < -0.4 is 0 Å². The number of rotatable bonds is 4. The van der Waals surface area contributed by atoms with E-state index >= 15 is 0 Å². The molecule has 10 rings (SSSR count). The van der Waals surface area contributed by atoms with Gasteiger partial charge in [0.2, 0.25) is 0 Å². The van der Waals surface area contributed by atoms with Crippen LogP contribution in [0.15, 0.2) is 167 Å². The molecule has 0 radical (unpaired) electrons. The highest BCUT2D eigenvalue weighted by atomic mass is 16.3. The van der Waals surface area contributed by atoms with Gasteiger partial charge in [0.05, 0.1) is 5.56 Å². The van der Waals surface area contributed by atoms with Crippen molar-refractivity contribution < 1.29 is 8.83 Å². The Morgan fingerprint density at radius 3 is 1.68 bits per heavy atom. The Labute approximate surface area is 307 Å². The van der Waals surface area contributed by atoms with Gasteiger partial charge in [-0.25, -0.2) is 15.0 Å². The number of hydrogen-bond acceptors (Lipinski definition) is 5. The third-order valence-corrected chi connectivity index (χ3v) is 9.76. The Bertz CT molecular complexity index is 2870. The molecule has 0 unspecified atom stereocenters. The molecule has 0 spiro atoms. The zero-order valence-electron chi connectivity index (χ0n) is 29.7. The zero-order chi connectivity index (χ0) is 35.9. The molecule has 5 heteroatoms. The standard InChI is InChI=1S/C28H19N3O.C20H16O/c1-18-15-16-24-23(17-18)21-13-8-14-22(25(21)32-24)28-30-26(19-9-4-2-5-10-19)29-27(31-28)20-11-6-3-7-12-20;1-13-7-3-4-8-15(13)19-14(2)11-12-17-16-9-5-6-10-18(16)21-20(17)19/h2-17H,1H3;3-12H,1-2H3. The van der Waals surface area contributed by atoms with Crippen LogP contribution in [0.2, 0.25) is 0 Å². The summed E-state index contributed by atoms with van der Waals surface area (Å²) in [5.41, 5.74) is 12.5. The van der Waals surface area contributed by atoms with Crippen molar-refractivity contribution in [2.45, 2.75) is 20.8 Å². The van der Waals surface area contributed by atoms with Crippen LogP contribution in [-0.2, 0) is 0 Å². The van der Waals surface area contributed by atoms with E-state index in [-0.39, 0.29) is 0 Å². The molecule has 3 heterocycles. The van der Waals surface area contributed by atoms with Gasteiger partial charge in [-0.3, -0.25) is 0 Å². The van der Waals surface area contributed by atoms with Crippen LogP contribution in [0.25, 0.3) is 89.2 Å². The molecular weight excluding hydrogens is 651 g/mol. The van der Waals surface area contributed by atoms with Gasteiger partial charge in [0, 0.05) is 38.2 Å². The average molecular weight is 686 g/mol. The van der Waals surface area contributed by atoms with Crippen LogP contribution in [-0.4, -0.2) is 15.0 Å². The van der Waals surface area contributed by atoms with Gasteiger partial charge in [-0.1, -0.05) is 139 Å². The van der Waals surface area contributed by atoms with Gasteiger partial charge in [0.15, 0.2) is 17.5 Å². The fourth-order valence-corrected chi connectivity index (χ4v) is 7.09. The first-order valence-corrected chi connectivity index (χ1v) is 17.8. The molecule has 0 saturated carbocycles. The second-order valence-corrected chi connectivity index (χ2v) is 13.4. The number of furan rings is 2. The monoisotopic (exact) mass is 685 g/mol. The third-order valence-electron chi connectivity index (χ3n) is 9.76. The summed E-state index contributed by atoms with van der Waals surface area (Å²) in [6.45, 7) is 6.39. The van der Waals surface area contributed by atoms with Gasteiger partial charge in [0.25, 0.3) is 0 Å². The molecular formula is C48H35N3O2. The molecule has 0 aliphatic rings. The van der Waals surface area contributed by atoms with Gasteiger partial charge >= 0.3 is 0 Å². The Morgan fingerprint density at radius 2 is 0.943 bits per heavy atom. The molecule has 254 valence electrons. The number of hydrogen-bond donors (Lipinski definition) is 0. The minimum Gasteiger partial charge on any atom is -0.455 e. The van der Waals surface area contributed by atoms with E-state index in [9.17, 15) is 0 Å². The van der Waals surface area contributed by atoms with E-state index in [2.05, 4.69) is 87.5 Å². The lowest BCUT2D eigenvalue weighted by atomic mass is 9.94. The van der Waals surface area contributed by atoms with Crippen LogP contribution in [0.3, 0.4) is 0 Å². The van der Waals surface area contributed by atoms with Crippen molar-refractivity contribution in [3.8, 4) is 45.3 Å². The normalized spacial score (nSPS) is 11.3. The summed E-state index contributed by atoms with van der Waals surface area (Å²) in [5, 5.41) is 4.53. The summed E-state index contributed by atoms with van der Waals surface area (Å²) in [7, 11) is 0. The minimum atomic E-state index is 0.596. The Morgan fingerprint density at radius 1 is 0.377 bits per heavy atom. The highest BCUT2D eigenvalue weighted by Gasteiger charge is 2.18. The molecule has 0 fully saturated rings. The molecule has 0 aliphatic carbocycles. The molecule has 0 bridgehead atoms. The lowest BCUT2D eigenvalue weighted by Gasteiger charge is -2.09. The molecule has 3 aromatic heterocycles. The maximum absolute atomic E-state index is 6.28. The highest BCUT2D eigenvalue weighted by Crippen LogP contribution is 2.39. The van der Waals surface area contributed by atoms with E-state index in [1.165, 1.54) is 38.6 Å². The topological polar surface area (TPSA) is 65.0 Å². The second-order valence-electron chi connectivity index (χ2n) is 13.4. The van der Waals surface area contributed by atoms with E-state index in [4.69, 9.17) is 23.8 Å². The van der Waals surface area contributed by atoms with E-state index in [1.807, 2.05) is 91.0 Å². The van der Waals surface area contributed by atoms with E-state index in [0.717, 1.165) is 49.8 Å². The largest absolute Gasteiger partial charge is 0.455 e. The van der Waals surface area contributed by atoms with Crippen molar-refractivity contribution in [2.75, 3.05) is 0 Å². The number of aryl methyl sites for hydroxylation is 3. The molecule has 0 amide bonds. The van der Waals surface area contributed by atoms with E-state index in [0.29, 0.717) is 17.5 Å². The van der Waals surface area contributed by atoms with Crippen LogP contribution >= 0.6 is 0 Å². The van der Waals surface area contributed by atoms with Gasteiger partial charge in [-0.2, -0.15) is 0 Å². The van der Waals surface area contributed by atoms with Crippen LogP contribution in [0.4, 0.5) is 0 Å². The number of aromatic nitrogens is 3. The molecule has 0 atom stereocenters. The first kappa shape index (κ1) is 32.1. The smallest absolute Gasteiger partial charge is 0.167 e. The maximum Gasteiger partial charge on any atom is 0.167 e. The van der Waals surface area contributed by atoms with Crippen LogP contribution in [0, 0.1) is 20.8 Å². The number of fused-ring (bicyclic) bond motifs is 6. The zero-order valence-corrected chi connectivity index (χ0v) is 29.7. The predicted molar refractivity (Wildman–Crippen MR) is 217 cm³/mol. The predicted octanol–water partition coefficient (Wildman–Crippen LogP) is 13.0. The Balaban J connectivity index is 0.000000153. The number of para-hydroxylation sites is 2. The average Bonchev–Trinajstić information content (AvgIpc) is 3.77. The van der Waals surface area contributed by atoms with Gasteiger partial charge in [-0.15, -0.1) is 0 Å². The molecule has 0 aliphatic heterocycles. The summed E-state index contributed by atoms with van der Waals surface area (Å²) in [5.74, 6) is 1.87. The summed E-state index contributed by atoms with van der Waals surface area (Å²) < 4.78 is 12.5. The highest BCUT2D eigenvalue weighted by molar-refractivity contribution is 6.11. The quantitative estimate of drug-likeness (QED) is 0.184. The van der Waals surface area contributed by atoms with Crippen molar-refractivity contribution in [1.82, 2.24) is 15.0 Å². The van der Waals surface area contributed by atoms with Crippen molar-refractivity contribution in [2.24, 2.45) is 0 Å². The first-order chi connectivity index (χ1) is 26.0. The lowest BCUT2D eigenvalue weighted by molar-refractivity contribution is 0.669. The van der Waals surface area contributed by atoms with Gasteiger partial charge in [0.1, 0.15) is 22.3 Å². The fourth-order valence-electron chi connectivity index (χ4n) is 7.09. The molecule has 0 saturated heterocycles. The summed E-state index contributed by atoms with van der Waals surface area (Å²) in [6.07, 6.45) is 0. The summed E-state index contributed by atoms with van der Waals surface area (Å²) in [6, 6.07) is 53.4. The molecule has 5 nitrogen and oxygen atoms in total. The Hall–Kier alpha value is -6.85. The van der Waals surface area contributed by atoms with Crippen LogP contribution in [0.5, 0.6) is 0 Å². The lowest BCUT2D eigenvalue weighted by Crippen LogP contribution is -2.00. The molecule has 7 aromatic carbocycles. The maximum atomic E-state index is 6.28. The molecule has 10 aromatic rings.